The quantitative estimate of drug-likeness (QED) is 0.597. The molecule has 1 saturated heterocycles. The van der Waals surface area contributed by atoms with Crippen LogP contribution in [-0.2, 0) is 24.8 Å². The number of ether oxygens (including phenoxy) is 2. The Balaban J connectivity index is 1.28. The summed E-state index contributed by atoms with van der Waals surface area (Å²) in [7, 11) is 1.97. The normalized spacial score (nSPS) is 17.4. The molecule has 0 saturated carbocycles. The van der Waals surface area contributed by atoms with Crippen LogP contribution in [-0.4, -0.2) is 51.2 Å². The molecule has 1 aliphatic heterocycles. The Bertz CT molecular complexity index is 976. The van der Waals surface area contributed by atoms with E-state index in [0.717, 1.165) is 48.9 Å². The summed E-state index contributed by atoms with van der Waals surface area (Å²) in [4.78, 5) is 2.41. The van der Waals surface area contributed by atoms with Crippen LogP contribution in [0.25, 0.3) is 0 Å². The average Bonchev–Trinajstić information content (AvgIpc) is 3.35. The molecule has 0 spiro atoms. The summed E-state index contributed by atoms with van der Waals surface area (Å²) < 4.78 is 13.8. The number of nitrogens with one attached hydrogen (secondary N) is 1. The number of aromatic nitrogens is 4. The number of morpholine rings is 1. The Labute approximate surface area is 184 Å². The van der Waals surface area contributed by atoms with Gasteiger partial charge in [-0.2, -0.15) is 10.2 Å². The third-order valence-electron chi connectivity index (χ3n) is 5.83. The highest BCUT2D eigenvalue weighted by Gasteiger charge is 2.25. The minimum atomic E-state index is -0.0137. The van der Waals surface area contributed by atoms with E-state index in [0.29, 0.717) is 19.1 Å². The molecule has 0 bridgehead atoms. The summed E-state index contributed by atoms with van der Waals surface area (Å²) in [5.74, 6) is 1.44. The molecule has 0 radical (unpaired) electrons. The third-order valence-corrected chi connectivity index (χ3v) is 5.83. The summed E-state index contributed by atoms with van der Waals surface area (Å²) in [5.41, 5.74) is 5.71. The Morgan fingerprint density at radius 3 is 2.77 bits per heavy atom. The van der Waals surface area contributed by atoms with Crippen LogP contribution in [0.1, 0.15) is 54.1 Å². The lowest BCUT2D eigenvalue weighted by Gasteiger charge is -2.31. The van der Waals surface area contributed by atoms with Gasteiger partial charge in [0.05, 0.1) is 24.6 Å². The van der Waals surface area contributed by atoms with E-state index < -0.39 is 0 Å². The molecule has 0 unspecified atom stereocenters. The van der Waals surface area contributed by atoms with Gasteiger partial charge in [0.25, 0.3) is 0 Å². The van der Waals surface area contributed by atoms with Crippen molar-refractivity contribution in [1.82, 2.24) is 24.9 Å². The standard InChI is InChI=1S/C24H33N5O2/c1-17(2)19-5-7-22(8-6-19)30-11-9-21-13-23(26-25-21)24-16-29(10-12-31-24)15-20-14-28(4)27-18(20)3/h5-8,13-14,17,24H,9-12,15-16H2,1-4H3,(H,25,26)/t24-/m0/s1. The van der Waals surface area contributed by atoms with E-state index in [1.165, 1.54) is 11.1 Å². The summed E-state index contributed by atoms with van der Waals surface area (Å²) in [5, 5.41) is 12.1. The monoisotopic (exact) mass is 423 g/mol. The highest BCUT2D eigenvalue weighted by atomic mass is 16.5. The molecule has 0 amide bonds. The van der Waals surface area contributed by atoms with E-state index in [1.807, 2.05) is 23.9 Å². The van der Waals surface area contributed by atoms with Crippen LogP contribution in [0, 0.1) is 6.92 Å². The van der Waals surface area contributed by atoms with Crippen molar-refractivity contribution in [2.45, 2.75) is 45.8 Å². The largest absolute Gasteiger partial charge is 0.493 e. The molecule has 7 nitrogen and oxygen atoms in total. The lowest BCUT2D eigenvalue weighted by Crippen LogP contribution is -2.38. The first-order valence-electron chi connectivity index (χ1n) is 11.1. The minimum Gasteiger partial charge on any atom is -0.493 e. The number of benzene rings is 1. The summed E-state index contributed by atoms with van der Waals surface area (Å²) in [6.45, 7) is 10.4. The minimum absolute atomic E-state index is 0.0137. The number of aryl methyl sites for hydroxylation is 2. The van der Waals surface area contributed by atoms with Crippen molar-refractivity contribution in [2.75, 3.05) is 26.3 Å². The van der Waals surface area contributed by atoms with Gasteiger partial charge < -0.3 is 9.47 Å². The van der Waals surface area contributed by atoms with Gasteiger partial charge in [0.1, 0.15) is 11.9 Å². The van der Waals surface area contributed by atoms with E-state index >= 15 is 0 Å². The summed E-state index contributed by atoms with van der Waals surface area (Å²) >= 11 is 0. The van der Waals surface area contributed by atoms with Crippen LogP contribution < -0.4 is 4.74 Å². The second-order valence-corrected chi connectivity index (χ2v) is 8.65. The molecule has 31 heavy (non-hydrogen) atoms. The second kappa shape index (κ2) is 9.66. The lowest BCUT2D eigenvalue weighted by atomic mass is 10.0. The van der Waals surface area contributed by atoms with Crippen LogP contribution in [0.5, 0.6) is 5.75 Å². The van der Waals surface area contributed by atoms with E-state index in [4.69, 9.17) is 9.47 Å². The predicted molar refractivity (Wildman–Crippen MR) is 120 cm³/mol. The second-order valence-electron chi connectivity index (χ2n) is 8.65. The number of hydrogen-bond donors (Lipinski definition) is 1. The fraction of sp³-hybridized carbons (Fsp3) is 0.500. The SMILES string of the molecule is Cc1nn(C)cc1CN1CCO[C@H](c2cc(CCOc3ccc(C(C)C)cc3)[nH]n2)C1. The molecule has 0 aliphatic carbocycles. The first kappa shape index (κ1) is 21.6. The van der Waals surface area contributed by atoms with E-state index in [1.54, 1.807) is 0 Å². The van der Waals surface area contributed by atoms with Crippen molar-refractivity contribution in [1.29, 1.82) is 0 Å². The maximum atomic E-state index is 6.01. The summed E-state index contributed by atoms with van der Waals surface area (Å²) in [6.07, 6.45) is 2.87. The molecule has 1 aliphatic rings. The molecule has 1 aromatic carbocycles. The fourth-order valence-electron chi connectivity index (χ4n) is 3.97. The Hall–Kier alpha value is -2.64. The molecular weight excluding hydrogens is 390 g/mol. The maximum Gasteiger partial charge on any atom is 0.119 e. The molecule has 4 rings (SSSR count). The molecule has 7 heteroatoms. The number of nitrogens with zero attached hydrogens (tertiary/aromatic N) is 4. The molecule has 3 heterocycles. The number of rotatable bonds is 8. The Kier molecular flexibility index (Phi) is 6.73. The van der Waals surface area contributed by atoms with Gasteiger partial charge in [0.2, 0.25) is 0 Å². The van der Waals surface area contributed by atoms with Crippen molar-refractivity contribution in [3.05, 3.63) is 64.7 Å². The molecule has 166 valence electrons. The molecule has 1 atom stereocenters. The van der Waals surface area contributed by atoms with E-state index in [-0.39, 0.29) is 6.10 Å². The van der Waals surface area contributed by atoms with Crippen LogP contribution in [0.4, 0.5) is 0 Å². The van der Waals surface area contributed by atoms with Gasteiger partial charge in [-0.15, -0.1) is 0 Å². The Morgan fingerprint density at radius 2 is 2.06 bits per heavy atom. The van der Waals surface area contributed by atoms with Crippen molar-refractivity contribution in [3.8, 4) is 5.75 Å². The average molecular weight is 424 g/mol. The van der Waals surface area contributed by atoms with Gasteiger partial charge in [0.15, 0.2) is 0 Å². The van der Waals surface area contributed by atoms with Crippen LogP contribution in [0.15, 0.2) is 36.5 Å². The third kappa shape index (κ3) is 5.54. The zero-order chi connectivity index (χ0) is 21.8. The number of aromatic amines is 1. The van der Waals surface area contributed by atoms with Gasteiger partial charge in [-0.05, 0) is 36.6 Å². The van der Waals surface area contributed by atoms with Crippen molar-refractivity contribution >= 4 is 0 Å². The van der Waals surface area contributed by atoms with Crippen molar-refractivity contribution in [3.63, 3.8) is 0 Å². The first-order chi connectivity index (χ1) is 15.0. The van der Waals surface area contributed by atoms with Gasteiger partial charge in [-0.3, -0.25) is 14.7 Å². The highest BCUT2D eigenvalue weighted by Crippen LogP contribution is 2.23. The number of hydrogen-bond acceptors (Lipinski definition) is 5. The van der Waals surface area contributed by atoms with Crippen molar-refractivity contribution < 1.29 is 9.47 Å². The van der Waals surface area contributed by atoms with Crippen LogP contribution >= 0.6 is 0 Å². The first-order valence-corrected chi connectivity index (χ1v) is 11.1. The molecular formula is C24H33N5O2. The van der Waals surface area contributed by atoms with Gasteiger partial charge in [-0.25, -0.2) is 0 Å². The number of H-pyrrole nitrogens is 1. The van der Waals surface area contributed by atoms with Gasteiger partial charge in [0, 0.05) is 50.6 Å². The molecule has 1 fully saturated rings. The predicted octanol–water partition coefficient (Wildman–Crippen LogP) is 3.77. The Morgan fingerprint density at radius 1 is 1.26 bits per heavy atom. The van der Waals surface area contributed by atoms with Crippen LogP contribution in [0.2, 0.25) is 0 Å². The smallest absolute Gasteiger partial charge is 0.119 e. The fourth-order valence-corrected chi connectivity index (χ4v) is 3.97. The molecule has 3 aromatic rings. The topological polar surface area (TPSA) is 68.2 Å². The zero-order valence-corrected chi connectivity index (χ0v) is 19.0. The summed E-state index contributed by atoms with van der Waals surface area (Å²) in [6, 6.07) is 10.5. The van der Waals surface area contributed by atoms with E-state index in [9.17, 15) is 0 Å². The van der Waals surface area contributed by atoms with Crippen LogP contribution in [0.3, 0.4) is 0 Å². The maximum absolute atomic E-state index is 6.01. The van der Waals surface area contributed by atoms with Crippen molar-refractivity contribution in [2.24, 2.45) is 7.05 Å². The van der Waals surface area contributed by atoms with Gasteiger partial charge >= 0.3 is 0 Å². The molecule has 1 N–H and O–H groups in total. The van der Waals surface area contributed by atoms with Gasteiger partial charge in [-0.1, -0.05) is 26.0 Å². The zero-order valence-electron chi connectivity index (χ0n) is 19.0. The lowest BCUT2D eigenvalue weighted by molar-refractivity contribution is -0.0350. The highest BCUT2D eigenvalue weighted by molar-refractivity contribution is 5.29. The van der Waals surface area contributed by atoms with E-state index in [2.05, 4.69) is 65.4 Å². The molecule has 2 aromatic heterocycles.